The normalized spacial score (nSPS) is 15.9. The van der Waals surface area contributed by atoms with Crippen molar-refractivity contribution in [2.24, 2.45) is 4.99 Å². The fraction of sp³-hybridized carbons (Fsp3) is 0.391. The smallest absolute Gasteiger partial charge is 0.259 e. The number of aliphatic imine (C=N–C) groups is 1. The van der Waals surface area contributed by atoms with Gasteiger partial charge in [-0.15, -0.1) is 0 Å². The third-order valence-corrected chi connectivity index (χ3v) is 7.71. The van der Waals surface area contributed by atoms with Crippen LogP contribution in [0.2, 0.25) is 0 Å². The van der Waals surface area contributed by atoms with Gasteiger partial charge in [0.2, 0.25) is 10.0 Å². The van der Waals surface area contributed by atoms with E-state index in [0.29, 0.717) is 11.7 Å². The van der Waals surface area contributed by atoms with Crippen molar-refractivity contribution in [2.75, 3.05) is 19.4 Å². The SMILES string of the molecule is COc1ccc(C(=O)N2CCCSC2=Nc2c(C)cccc2C)cc1S(=O)(=O)NC(C)C. The van der Waals surface area contributed by atoms with Crippen molar-refractivity contribution in [3.05, 3.63) is 53.1 Å². The molecule has 1 amide bonds. The van der Waals surface area contributed by atoms with E-state index >= 15 is 0 Å². The van der Waals surface area contributed by atoms with Crippen LogP contribution in [0.3, 0.4) is 0 Å². The first-order valence-electron chi connectivity index (χ1n) is 10.4. The lowest BCUT2D eigenvalue weighted by Crippen LogP contribution is -2.39. The quantitative estimate of drug-likeness (QED) is 0.674. The zero-order valence-electron chi connectivity index (χ0n) is 19.0. The zero-order valence-corrected chi connectivity index (χ0v) is 20.6. The first-order valence-corrected chi connectivity index (χ1v) is 12.9. The molecule has 172 valence electrons. The van der Waals surface area contributed by atoms with Crippen LogP contribution >= 0.6 is 11.8 Å². The van der Waals surface area contributed by atoms with Crippen molar-refractivity contribution in [2.45, 2.75) is 45.1 Å². The lowest BCUT2D eigenvalue weighted by atomic mass is 10.1. The van der Waals surface area contributed by atoms with Crippen molar-refractivity contribution in [1.82, 2.24) is 9.62 Å². The summed E-state index contributed by atoms with van der Waals surface area (Å²) in [4.78, 5) is 19.8. The number of carbonyl (C=O) groups excluding carboxylic acids is 1. The van der Waals surface area contributed by atoms with E-state index in [2.05, 4.69) is 4.72 Å². The van der Waals surface area contributed by atoms with Gasteiger partial charge in [0, 0.05) is 23.9 Å². The second-order valence-corrected chi connectivity index (χ2v) is 10.7. The van der Waals surface area contributed by atoms with Crippen LogP contribution in [0.25, 0.3) is 0 Å². The van der Waals surface area contributed by atoms with Gasteiger partial charge in [-0.1, -0.05) is 30.0 Å². The molecule has 0 aromatic heterocycles. The van der Waals surface area contributed by atoms with Crippen LogP contribution in [0.1, 0.15) is 41.8 Å². The number of ether oxygens (including phenoxy) is 1. The van der Waals surface area contributed by atoms with Gasteiger partial charge in [0.1, 0.15) is 10.6 Å². The Labute approximate surface area is 194 Å². The summed E-state index contributed by atoms with van der Waals surface area (Å²) in [6.07, 6.45) is 0.832. The maximum Gasteiger partial charge on any atom is 0.259 e. The molecule has 1 aliphatic rings. The number of hydrogen-bond acceptors (Lipinski definition) is 6. The molecule has 0 unspecified atom stereocenters. The fourth-order valence-corrected chi connectivity index (χ4v) is 5.86. The summed E-state index contributed by atoms with van der Waals surface area (Å²) in [5, 5.41) is 0.624. The van der Waals surface area contributed by atoms with Crippen LogP contribution in [0.5, 0.6) is 5.75 Å². The Morgan fingerprint density at radius 2 is 1.88 bits per heavy atom. The Bertz CT molecular complexity index is 1120. The minimum absolute atomic E-state index is 0.0579. The third-order valence-electron chi connectivity index (χ3n) is 4.97. The topological polar surface area (TPSA) is 88.1 Å². The van der Waals surface area contributed by atoms with Gasteiger partial charge in [0.15, 0.2) is 5.17 Å². The Morgan fingerprint density at radius 3 is 2.50 bits per heavy atom. The van der Waals surface area contributed by atoms with Gasteiger partial charge < -0.3 is 4.74 Å². The largest absolute Gasteiger partial charge is 0.495 e. The van der Waals surface area contributed by atoms with E-state index in [4.69, 9.17) is 9.73 Å². The Morgan fingerprint density at radius 1 is 1.19 bits per heavy atom. The molecule has 9 heteroatoms. The predicted octanol–water partition coefficient (Wildman–Crippen LogP) is 4.27. The monoisotopic (exact) mass is 475 g/mol. The van der Waals surface area contributed by atoms with Gasteiger partial charge in [-0.2, -0.15) is 0 Å². The van der Waals surface area contributed by atoms with Gasteiger partial charge in [0.05, 0.1) is 12.8 Å². The number of thioether (sulfide) groups is 1. The molecular weight excluding hydrogens is 446 g/mol. The van der Waals surface area contributed by atoms with E-state index in [0.717, 1.165) is 29.0 Å². The average molecular weight is 476 g/mol. The number of hydrogen-bond donors (Lipinski definition) is 1. The van der Waals surface area contributed by atoms with Crippen LogP contribution < -0.4 is 9.46 Å². The molecule has 1 saturated heterocycles. The highest BCUT2D eigenvalue weighted by Gasteiger charge is 2.28. The van der Waals surface area contributed by atoms with Crippen LogP contribution in [0, 0.1) is 13.8 Å². The van der Waals surface area contributed by atoms with Crippen molar-refractivity contribution in [1.29, 1.82) is 0 Å². The number of para-hydroxylation sites is 1. The van der Waals surface area contributed by atoms with E-state index in [1.54, 1.807) is 24.8 Å². The number of nitrogens with zero attached hydrogens (tertiary/aromatic N) is 2. The third kappa shape index (κ3) is 5.33. The first-order chi connectivity index (χ1) is 15.1. The zero-order chi connectivity index (χ0) is 23.5. The fourth-order valence-electron chi connectivity index (χ4n) is 3.47. The highest BCUT2D eigenvalue weighted by atomic mass is 32.2. The molecule has 1 aliphatic heterocycles. The van der Waals surface area contributed by atoms with Gasteiger partial charge in [-0.3, -0.25) is 9.69 Å². The number of amides is 1. The molecule has 0 atom stereocenters. The van der Waals surface area contributed by atoms with E-state index in [9.17, 15) is 13.2 Å². The van der Waals surface area contributed by atoms with Crippen molar-refractivity contribution in [3.63, 3.8) is 0 Å². The van der Waals surface area contributed by atoms with Crippen LogP contribution in [-0.2, 0) is 10.0 Å². The van der Waals surface area contributed by atoms with E-state index in [-0.39, 0.29) is 28.2 Å². The standard InChI is InChI=1S/C23H29N3O4S2/c1-15(2)25-32(28,29)20-14-18(10-11-19(20)30-5)22(27)26-12-7-13-31-23(26)24-21-16(3)8-6-9-17(21)4/h6,8-11,14-15,25H,7,12-13H2,1-5H3. The summed E-state index contributed by atoms with van der Waals surface area (Å²) < 4.78 is 33.4. The Kier molecular flexibility index (Phi) is 7.63. The minimum Gasteiger partial charge on any atom is -0.495 e. The van der Waals surface area contributed by atoms with E-state index in [1.807, 2.05) is 32.0 Å². The number of sulfonamides is 1. The summed E-state index contributed by atoms with van der Waals surface area (Å²) in [6, 6.07) is 10.2. The molecule has 7 nitrogen and oxygen atoms in total. The van der Waals surface area contributed by atoms with Gasteiger partial charge in [0.25, 0.3) is 5.91 Å². The number of rotatable bonds is 6. The van der Waals surface area contributed by atoms with Gasteiger partial charge in [-0.25, -0.2) is 18.1 Å². The molecule has 0 spiro atoms. The number of amidine groups is 1. The molecule has 32 heavy (non-hydrogen) atoms. The number of benzene rings is 2. The summed E-state index contributed by atoms with van der Waals surface area (Å²) in [5.41, 5.74) is 3.20. The molecule has 0 saturated carbocycles. The molecule has 1 heterocycles. The molecule has 1 fully saturated rings. The van der Waals surface area contributed by atoms with Crippen LogP contribution in [0.15, 0.2) is 46.3 Å². The molecule has 0 aliphatic carbocycles. The summed E-state index contributed by atoms with van der Waals surface area (Å²) in [7, 11) is -2.44. The van der Waals surface area contributed by atoms with E-state index < -0.39 is 10.0 Å². The molecule has 2 aromatic rings. The lowest BCUT2D eigenvalue weighted by molar-refractivity contribution is 0.0849. The maximum absolute atomic E-state index is 13.4. The van der Waals surface area contributed by atoms with Crippen LogP contribution in [0.4, 0.5) is 5.69 Å². The van der Waals surface area contributed by atoms with Crippen molar-refractivity contribution in [3.8, 4) is 5.75 Å². The number of aryl methyl sites for hydroxylation is 2. The van der Waals surface area contributed by atoms with Crippen molar-refractivity contribution < 1.29 is 17.9 Å². The number of carbonyl (C=O) groups is 1. The summed E-state index contributed by atoms with van der Waals surface area (Å²) >= 11 is 1.53. The molecule has 0 radical (unpaired) electrons. The highest BCUT2D eigenvalue weighted by Crippen LogP contribution is 2.30. The minimum atomic E-state index is -3.84. The Hall–Kier alpha value is -2.36. The second kappa shape index (κ2) is 10.1. The molecule has 3 rings (SSSR count). The molecule has 1 N–H and O–H groups in total. The molecule has 2 aromatic carbocycles. The highest BCUT2D eigenvalue weighted by molar-refractivity contribution is 8.13. The summed E-state index contributed by atoms with van der Waals surface area (Å²) in [5.74, 6) is 0.770. The first kappa shape index (κ1) is 24.3. The second-order valence-electron chi connectivity index (χ2n) is 7.94. The maximum atomic E-state index is 13.4. The lowest BCUT2D eigenvalue weighted by Gasteiger charge is -2.28. The predicted molar refractivity (Wildman–Crippen MR) is 130 cm³/mol. The number of nitrogens with one attached hydrogen (secondary N) is 1. The molecular formula is C23H29N3O4S2. The van der Waals surface area contributed by atoms with Crippen molar-refractivity contribution >= 4 is 38.5 Å². The van der Waals surface area contributed by atoms with Gasteiger partial charge >= 0.3 is 0 Å². The van der Waals surface area contributed by atoms with Crippen LogP contribution in [-0.4, -0.2) is 49.8 Å². The average Bonchev–Trinajstić information content (AvgIpc) is 2.75. The van der Waals surface area contributed by atoms with Gasteiger partial charge in [-0.05, 0) is 63.4 Å². The van der Waals surface area contributed by atoms with E-state index in [1.165, 1.54) is 31.0 Å². The Balaban J connectivity index is 2.01. The summed E-state index contributed by atoms with van der Waals surface area (Å²) in [6.45, 7) is 7.98. The number of methoxy groups -OCH3 is 1. The molecule has 0 bridgehead atoms.